The van der Waals surface area contributed by atoms with Crippen LogP contribution in [-0.2, 0) is 6.54 Å². The second kappa shape index (κ2) is 8.54. The van der Waals surface area contributed by atoms with Crippen molar-refractivity contribution in [3.63, 3.8) is 0 Å². The van der Waals surface area contributed by atoms with E-state index in [9.17, 15) is 4.79 Å². The Bertz CT molecular complexity index is 852. The third-order valence-corrected chi connectivity index (χ3v) is 4.64. The molecular formula is C22H26N4O. The van der Waals surface area contributed by atoms with Crippen LogP contribution >= 0.6 is 0 Å². The smallest absolute Gasteiger partial charge is 0.251 e. The minimum atomic E-state index is -0.0632. The summed E-state index contributed by atoms with van der Waals surface area (Å²) in [6, 6.07) is 18.2. The van der Waals surface area contributed by atoms with Crippen LogP contribution < -0.4 is 10.2 Å². The molecule has 1 heterocycles. The number of aromatic nitrogens is 2. The molecule has 0 unspecified atom stereocenters. The van der Waals surface area contributed by atoms with Crippen molar-refractivity contribution in [3.05, 3.63) is 71.9 Å². The molecule has 0 aliphatic rings. The number of H-pyrrole nitrogens is 1. The summed E-state index contributed by atoms with van der Waals surface area (Å²) in [4.78, 5) is 14.7. The molecule has 0 aliphatic heterocycles. The van der Waals surface area contributed by atoms with E-state index in [0.29, 0.717) is 18.2 Å². The van der Waals surface area contributed by atoms with Gasteiger partial charge in [0.05, 0.1) is 5.69 Å². The van der Waals surface area contributed by atoms with Gasteiger partial charge in [-0.15, -0.1) is 0 Å². The summed E-state index contributed by atoms with van der Waals surface area (Å²) >= 11 is 0. The van der Waals surface area contributed by atoms with Gasteiger partial charge < -0.3 is 10.2 Å². The molecule has 140 valence electrons. The number of nitrogens with one attached hydrogen (secondary N) is 2. The Morgan fingerprint density at radius 2 is 1.78 bits per heavy atom. The summed E-state index contributed by atoms with van der Waals surface area (Å²) in [6.45, 7) is 7.91. The first-order valence-electron chi connectivity index (χ1n) is 9.32. The van der Waals surface area contributed by atoms with E-state index in [1.165, 1.54) is 0 Å². The fraction of sp³-hybridized carbons (Fsp3) is 0.273. The molecule has 1 amide bonds. The number of carbonyl (C=O) groups excluding carboxylic acids is 1. The zero-order chi connectivity index (χ0) is 19.2. The Morgan fingerprint density at radius 1 is 1.07 bits per heavy atom. The van der Waals surface area contributed by atoms with Crippen LogP contribution in [0, 0.1) is 0 Å². The second-order valence-electron chi connectivity index (χ2n) is 6.78. The van der Waals surface area contributed by atoms with Crippen LogP contribution in [0.2, 0.25) is 0 Å². The van der Waals surface area contributed by atoms with Gasteiger partial charge in [0.2, 0.25) is 0 Å². The Hall–Kier alpha value is -3.08. The fourth-order valence-electron chi connectivity index (χ4n) is 3.15. The Balaban J connectivity index is 1.59. The van der Waals surface area contributed by atoms with Crippen molar-refractivity contribution in [3.8, 4) is 11.3 Å². The van der Waals surface area contributed by atoms with Crippen molar-refractivity contribution in [2.24, 2.45) is 0 Å². The van der Waals surface area contributed by atoms with E-state index in [1.54, 1.807) is 6.20 Å². The van der Waals surface area contributed by atoms with Crippen molar-refractivity contribution in [1.82, 2.24) is 15.5 Å². The van der Waals surface area contributed by atoms with Crippen molar-refractivity contribution in [2.75, 3.05) is 11.4 Å². The maximum absolute atomic E-state index is 12.4. The monoisotopic (exact) mass is 362 g/mol. The predicted octanol–water partition coefficient (Wildman–Crippen LogP) is 4.24. The van der Waals surface area contributed by atoms with Crippen LogP contribution in [0.5, 0.6) is 0 Å². The summed E-state index contributed by atoms with van der Waals surface area (Å²) in [7, 11) is 0. The first-order valence-corrected chi connectivity index (χ1v) is 9.32. The molecule has 5 nitrogen and oxygen atoms in total. The normalized spacial score (nSPS) is 10.8. The average molecular weight is 362 g/mol. The van der Waals surface area contributed by atoms with E-state index in [4.69, 9.17) is 0 Å². The molecule has 2 N–H and O–H groups in total. The van der Waals surface area contributed by atoms with Gasteiger partial charge in [-0.05, 0) is 62.2 Å². The Morgan fingerprint density at radius 3 is 2.33 bits per heavy atom. The Labute approximate surface area is 160 Å². The lowest BCUT2D eigenvalue weighted by atomic mass is 10.1. The minimum absolute atomic E-state index is 0.0632. The largest absolute Gasteiger partial charge is 0.369 e. The standard InChI is InChI=1S/C22H26N4O/c1-4-26(16(2)3)20-11-9-19(10-12-20)22(27)23-15-17-5-7-18(8-6-17)21-13-14-24-25-21/h5-14,16H,4,15H2,1-3H3,(H,23,27)(H,24,25). The third kappa shape index (κ3) is 4.56. The van der Waals surface area contributed by atoms with E-state index in [2.05, 4.69) is 41.2 Å². The number of amides is 1. The van der Waals surface area contributed by atoms with Crippen molar-refractivity contribution < 1.29 is 4.79 Å². The lowest BCUT2D eigenvalue weighted by Gasteiger charge is -2.27. The maximum Gasteiger partial charge on any atom is 0.251 e. The van der Waals surface area contributed by atoms with Crippen LogP contribution in [0.15, 0.2) is 60.8 Å². The Kier molecular flexibility index (Phi) is 5.91. The third-order valence-electron chi connectivity index (χ3n) is 4.64. The lowest BCUT2D eigenvalue weighted by molar-refractivity contribution is 0.0951. The quantitative estimate of drug-likeness (QED) is 0.661. The maximum atomic E-state index is 12.4. The number of rotatable bonds is 7. The SMILES string of the molecule is CCN(c1ccc(C(=O)NCc2ccc(-c3ccn[nH]3)cc2)cc1)C(C)C. The molecule has 0 saturated heterocycles. The highest BCUT2D eigenvalue weighted by molar-refractivity contribution is 5.94. The van der Waals surface area contributed by atoms with Gasteiger partial charge in [0.1, 0.15) is 0 Å². The minimum Gasteiger partial charge on any atom is -0.369 e. The highest BCUT2D eigenvalue weighted by Gasteiger charge is 2.10. The fourth-order valence-corrected chi connectivity index (χ4v) is 3.15. The number of benzene rings is 2. The molecule has 1 aromatic heterocycles. The van der Waals surface area contributed by atoms with Crippen LogP contribution in [0.25, 0.3) is 11.3 Å². The number of aromatic amines is 1. The van der Waals surface area contributed by atoms with E-state index in [-0.39, 0.29) is 5.91 Å². The van der Waals surface area contributed by atoms with Crippen LogP contribution in [0.1, 0.15) is 36.7 Å². The van der Waals surface area contributed by atoms with Crippen LogP contribution in [-0.4, -0.2) is 28.7 Å². The number of carbonyl (C=O) groups is 1. The molecule has 27 heavy (non-hydrogen) atoms. The van der Waals surface area contributed by atoms with Crippen molar-refractivity contribution >= 4 is 11.6 Å². The molecule has 2 aromatic carbocycles. The molecule has 0 aliphatic carbocycles. The first kappa shape index (κ1) is 18.7. The molecule has 3 aromatic rings. The van der Waals surface area contributed by atoms with Gasteiger partial charge in [-0.3, -0.25) is 9.89 Å². The molecule has 0 spiro atoms. The van der Waals surface area contributed by atoms with Crippen LogP contribution in [0.3, 0.4) is 0 Å². The van der Waals surface area contributed by atoms with Gasteiger partial charge in [0.15, 0.2) is 0 Å². The number of hydrogen-bond acceptors (Lipinski definition) is 3. The van der Waals surface area contributed by atoms with E-state index in [1.807, 2.05) is 54.6 Å². The summed E-state index contributed by atoms with van der Waals surface area (Å²) in [6.07, 6.45) is 1.73. The number of anilines is 1. The zero-order valence-corrected chi connectivity index (χ0v) is 16.1. The molecule has 0 radical (unpaired) electrons. The average Bonchev–Trinajstić information content (AvgIpc) is 3.22. The van der Waals surface area contributed by atoms with Gasteiger partial charge in [0, 0.05) is 36.6 Å². The summed E-state index contributed by atoms with van der Waals surface area (Å²) in [5.41, 5.74) is 4.92. The van der Waals surface area contributed by atoms with Gasteiger partial charge in [-0.25, -0.2) is 0 Å². The first-order chi connectivity index (χ1) is 13.1. The summed E-state index contributed by atoms with van der Waals surface area (Å²) in [5.74, 6) is -0.0632. The molecule has 0 fully saturated rings. The van der Waals surface area contributed by atoms with Crippen molar-refractivity contribution in [2.45, 2.75) is 33.4 Å². The highest BCUT2D eigenvalue weighted by Crippen LogP contribution is 2.18. The second-order valence-corrected chi connectivity index (χ2v) is 6.78. The van der Waals surface area contributed by atoms with E-state index < -0.39 is 0 Å². The molecule has 0 bridgehead atoms. The zero-order valence-electron chi connectivity index (χ0n) is 16.1. The van der Waals surface area contributed by atoms with Gasteiger partial charge in [-0.1, -0.05) is 24.3 Å². The summed E-state index contributed by atoms with van der Waals surface area (Å²) < 4.78 is 0. The van der Waals surface area contributed by atoms with Crippen LogP contribution in [0.4, 0.5) is 5.69 Å². The highest BCUT2D eigenvalue weighted by atomic mass is 16.1. The molecule has 3 rings (SSSR count). The van der Waals surface area contributed by atoms with Gasteiger partial charge in [0.25, 0.3) is 5.91 Å². The molecule has 5 heteroatoms. The van der Waals surface area contributed by atoms with E-state index in [0.717, 1.165) is 29.1 Å². The van der Waals surface area contributed by atoms with Gasteiger partial charge >= 0.3 is 0 Å². The lowest BCUT2D eigenvalue weighted by Crippen LogP contribution is -2.30. The predicted molar refractivity (Wildman–Crippen MR) is 110 cm³/mol. The summed E-state index contributed by atoms with van der Waals surface area (Å²) in [5, 5.41) is 9.89. The molecule has 0 saturated carbocycles. The molecular weight excluding hydrogens is 336 g/mol. The number of nitrogens with zero attached hydrogens (tertiary/aromatic N) is 2. The van der Waals surface area contributed by atoms with Gasteiger partial charge in [-0.2, -0.15) is 5.10 Å². The van der Waals surface area contributed by atoms with Crippen molar-refractivity contribution in [1.29, 1.82) is 0 Å². The van der Waals surface area contributed by atoms with E-state index >= 15 is 0 Å². The topological polar surface area (TPSA) is 61.0 Å². The molecule has 0 atom stereocenters. The number of hydrogen-bond donors (Lipinski definition) is 2.